The summed E-state index contributed by atoms with van der Waals surface area (Å²) in [7, 11) is -1.38. The molecule has 1 aromatic carbocycles. The largest absolute Gasteiger partial charge is 0.493 e. The van der Waals surface area contributed by atoms with E-state index in [1.54, 1.807) is 7.11 Å². The molecule has 0 saturated heterocycles. The minimum atomic E-state index is -2.95. The Kier molecular flexibility index (Phi) is 7.71. The van der Waals surface area contributed by atoms with Crippen LogP contribution in [0.1, 0.15) is 18.4 Å². The molecule has 0 aliphatic rings. The number of hydrogen-bond acceptors (Lipinski definition) is 6. The van der Waals surface area contributed by atoms with Crippen LogP contribution in [0.2, 0.25) is 0 Å². The summed E-state index contributed by atoms with van der Waals surface area (Å²) in [6, 6.07) is 7.64. The highest BCUT2D eigenvalue weighted by atomic mass is 32.2. The van der Waals surface area contributed by atoms with E-state index in [1.807, 2.05) is 18.2 Å². The van der Waals surface area contributed by atoms with E-state index in [9.17, 15) is 8.42 Å². The molecule has 0 fully saturated rings. The highest BCUT2D eigenvalue weighted by molar-refractivity contribution is 7.90. The molecule has 0 aliphatic carbocycles. The van der Waals surface area contributed by atoms with Crippen molar-refractivity contribution in [3.05, 3.63) is 23.8 Å². The number of unbranched alkanes of at least 4 members (excludes halogenated alkanes) is 1. The number of sulfone groups is 1. The minimum Gasteiger partial charge on any atom is -0.493 e. The van der Waals surface area contributed by atoms with Gasteiger partial charge in [0.05, 0.1) is 25.5 Å². The number of hydrogen-bond donors (Lipinski definition) is 1. The molecule has 6 nitrogen and oxygen atoms in total. The molecule has 0 heterocycles. The van der Waals surface area contributed by atoms with Crippen LogP contribution in [0.25, 0.3) is 0 Å². The van der Waals surface area contributed by atoms with Gasteiger partial charge >= 0.3 is 0 Å². The second-order valence-corrected chi connectivity index (χ2v) is 7.16. The standard InChI is InChI=1S/C15H22N2O4S/c1-20-14-6-5-13(12-17-8-10-22(2,18)19)11-15(14)21-9-4-3-7-16/h5-6,11,17H,3-4,8-10,12H2,1-2H3. The smallest absolute Gasteiger partial charge is 0.161 e. The topological polar surface area (TPSA) is 88.4 Å². The van der Waals surface area contributed by atoms with Gasteiger partial charge in [-0.15, -0.1) is 0 Å². The first-order valence-corrected chi connectivity index (χ1v) is 9.07. The van der Waals surface area contributed by atoms with Gasteiger partial charge in [0.25, 0.3) is 0 Å². The van der Waals surface area contributed by atoms with E-state index in [1.165, 1.54) is 6.26 Å². The van der Waals surface area contributed by atoms with E-state index in [4.69, 9.17) is 14.7 Å². The van der Waals surface area contributed by atoms with Crippen LogP contribution in [0.5, 0.6) is 11.5 Å². The van der Waals surface area contributed by atoms with Gasteiger partial charge in [0.1, 0.15) is 9.84 Å². The van der Waals surface area contributed by atoms with Gasteiger partial charge in [-0.2, -0.15) is 5.26 Å². The molecular weight excluding hydrogens is 304 g/mol. The van der Waals surface area contributed by atoms with Crippen molar-refractivity contribution in [1.82, 2.24) is 5.32 Å². The highest BCUT2D eigenvalue weighted by Gasteiger charge is 2.06. The van der Waals surface area contributed by atoms with Gasteiger partial charge in [0.2, 0.25) is 0 Å². The lowest BCUT2D eigenvalue weighted by molar-refractivity contribution is 0.290. The van der Waals surface area contributed by atoms with Crippen LogP contribution < -0.4 is 14.8 Å². The second kappa shape index (κ2) is 9.28. The first-order chi connectivity index (χ1) is 10.5. The molecule has 0 saturated carbocycles. The lowest BCUT2D eigenvalue weighted by Gasteiger charge is -2.12. The molecule has 1 N–H and O–H groups in total. The number of nitriles is 1. The summed E-state index contributed by atoms with van der Waals surface area (Å²) in [6.07, 6.45) is 2.33. The van der Waals surface area contributed by atoms with Crippen molar-refractivity contribution in [3.8, 4) is 17.6 Å². The van der Waals surface area contributed by atoms with Crippen molar-refractivity contribution in [2.24, 2.45) is 0 Å². The molecule has 0 aromatic heterocycles. The maximum absolute atomic E-state index is 11.1. The third kappa shape index (κ3) is 7.29. The lowest BCUT2D eigenvalue weighted by Crippen LogP contribution is -2.21. The Morgan fingerprint density at radius 3 is 2.73 bits per heavy atom. The van der Waals surface area contributed by atoms with E-state index >= 15 is 0 Å². The third-order valence-electron chi connectivity index (χ3n) is 2.90. The predicted molar refractivity (Wildman–Crippen MR) is 84.8 cm³/mol. The summed E-state index contributed by atoms with van der Waals surface area (Å²) in [6.45, 7) is 1.41. The number of ether oxygens (including phenoxy) is 2. The fraction of sp³-hybridized carbons (Fsp3) is 0.533. The highest BCUT2D eigenvalue weighted by Crippen LogP contribution is 2.28. The number of methoxy groups -OCH3 is 1. The molecule has 0 unspecified atom stereocenters. The third-order valence-corrected chi connectivity index (χ3v) is 3.84. The van der Waals surface area contributed by atoms with E-state index in [0.717, 1.165) is 5.56 Å². The summed E-state index contributed by atoms with van der Waals surface area (Å²) in [4.78, 5) is 0. The molecule has 7 heteroatoms. The summed E-state index contributed by atoms with van der Waals surface area (Å²) in [5, 5.41) is 11.6. The Morgan fingerprint density at radius 1 is 1.32 bits per heavy atom. The van der Waals surface area contributed by atoms with Crippen LogP contribution in [-0.2, 0) is 16.4 Å². The van der Waals surface area contributed by atoms with Gasteiger partial charge in [0, 0.05) is 25.8 Å². The lowest BCUT2D eigenvalue weighted by atomic mass is 10.2. The normalized spacial score (nSPS) is 11.0. The van der Waals surface area contributed by atoms with Crippen LogP contribution in [0.4, 0.5) is 0 Å². The van der Waals surface area contributed by atoms with Gasteiger partial charge in [-0.25, -0.2) is 8.42 Å². The minimum absolute atomic E-state index is 0.112. The molecule has 0 aliphatic heterocycles. The van der Waals surface area contributed by atoms with Crippen molar-refractivity contribution < 1.29 is 17.9 Å². The number of benzene rings is 1. The number of nitrogens with zero attached hydrogens (tertiary/aromatic N) is 1. The fourth-order valence-electron chi connectivity index (χ4n) is 1.77. The quantitative estimate of drug-likeness (QED) is 0.656. The second-order valence-electron chi connectivity index (χ2n) is 4.90. The van der Waals surface area contributed by atoms with E-state index in [0.29, 0.717) is 44.0 Å². The molecule has 0 radical (unpaired) electrons. The molecule has 1 aromatic rings. The van der Waals surface area contributed by atoms with Crippen LogP contribution in [0.15, 0.2) is 18.2 Å². The Morgan fingerprint density at radius 2 is 2.09 bits per heavy atom. The number of nitrogens with one attached hydrogen (secondary N) is 1. The Labute approximate surface area is 132 Å². The van der Waals surface area contributed by atoms with E-state index in [2.05, 4.69) is 11.4 Å². The van der Waals surface area contributed by atoms with Gasteiger partial charge in [-0.3, -0.25) is 0 Å². The zero-order valence-corrected chi connectivity index (χ0v) is 13.8. The Bertz CT molecular complexity index is 608. The maximum atomic E-state index is 11.1. The van der Waals surface area contributed by atoms with Gasteiger partial charge in [-0.1, -0.05) is 6.07 Å². The molecule has 22 heavy (non-hydrogen) atoms. The van der Waals surface area contributed by atoms with Gasteiger partial charge in [-0.05, 0) is 24.1 Å². The molecule has 0 atom stereocenters. The fourth-order valence-corrected chi connectivity index (χ4v) is 2.28. The van der Waals surface area contributed by atoms with Gasteiger partial charge < -0.3 is 14.8 Å². The Hall–Kier alpha value is -1.78. The summed E-state index contributed by atoms with van der Waals surface area (Å²) < 4.78 is 33.0. The van der Waals surface area contributed by atoms with Crippen molar-refractivity contribution in [1.29, 1.82) is 5.26 Å². The molecule has 0 spiro atoms. The summed E-state index contributed by atoms with van der Waals surface area (Å²) in [5.74, 6) is 1.38. The van der Waals surface area contributed by atoms with Crippen molar-refractivity contribution in [3.63, 3.8) is 0 Å². The van der Waals surface area contributed by atoms with E-state index < -0.39 is 9.84 Å². The average Bonchev–Trinajstić information content (AvgIpc) is 2.47. The van der Waals surface area contributed by atoms with Gasteiger partial charge in [0.15, 0.2) is 11.5 Å². The monoisotopic (exact) mass is 326 g/mol. The van der Waals surface area contributed by atoms with E-state index in [-0.39, 0.29) is 5.75 Å². The predicted octanol–water partition coefficient (Wildman–Crippen LogP) is 1.51. The van der Waals surface area contributed by atoms with Crippen molar-refractivity contribution in [2.75, 3.05) is 32.3 Å². The first-order valence-electron chi connectivity index (χ1n) is 7.01. The Balaban J connectivity index is 2.55. The first kappa shape index (κ1) is 18.3. The maximum Gasteiger partial charge on any atom is 0.161 e. The van der Waals surface area contributed by atoms with Crippen molar-refractivity contribution in [2.45, 2.75) is 19.4 Å². The summed E-state index contributed by atoms with van der Waals surface area (Å²) in [5.41, 5.74) is 0.976. The molecule has 0 amide bonds. The zero-order valence-electron chi connectivity index (χ0n) is 13.0. The van der Waals surface area contributed by atoms with Crippen molar-refractivity contribution >= 4 is 9.84 Å². The molecule has 1 rings (SSSR count). The van der Waals surface area contributed by atoms with Crippen LogP contribution >= 0.6 is 0 Å². The SMILES string of the molecule is COc1ccc(CNCCS(C)(=O)=O)cc1OCCCC#N. The van der Waals surface area contributed by atoms with Crippen LogP contribution in [0.3, 0.4) is 0 Å². The average molecular weight is 326 g/mol. The van der Waals surface area contributed by atoms with Crippen LogP contribution in [-0.4, -0.2) is 40.7 Å². The zero-order chi connectivity index (χ0) is 16.4. The summed E-state index contributed by atoms with van der Waals surface area (Å²) >= 11 is 0. The number of rotatable bonds is 10. The molecule has 122 valence electrons. The van der Waals surface area contributed by atoms with Crippen LogP contribution in [0, 0.1) is 11.3 Å². The molecular formula is C15H22N2O4S. The molecule has 0 bridgehead atoms.